The number of rotatable bonds is 6. The van der Waals surface area contributed by atoms with Gasteiger partial charge in [-0.3, -0.25) is 9.59 Å². The topological polar surface area (TPSA) is 90.0 Å². The van der Waals surface area contributed by atoms with Crippen LogP contribution in [0.5, 0.6) is 0 Å². The van der Waals surface area contributed by atoms with Crippen LogP contribution in [0.1, 0.15) is 18.5 Å². The van der Waals surface area contributed by atoms with E-state index in [9.17, 15) is 9.59 Å². The smallest absolute Gasteiger partial charge is 0.266 e. The monoisotopic (exact) mass is 344 g/mol. The van der Waals surface area contributed by atoms with Crippen molar-refractivity contribution in [1.29, 1.82) is 0 Å². The average molecular weight is 344 g/mol. The minimum absolute atomic E-state index is 0.125. The summed E-state index contributed by atoms with van der Waals surface area (Å²) in [4.78, 5) is 27.9. The van der Waals surface area contributed by atoms with Crippen molar-refractivity contribution in [1.82, 2.24) is 14.8 Å². The second-order valence-corrected chi connectivity index (χ2v) is 6.06. The number of carbonyl (C=O) groups is 1. The van der Waals surface area contributed by atoms with E-state index in [4.69, 9.17) is 4.42 Å². The molecule has 3 aromatic rings. The summed E-state index contributed by atoms with van der Waals surface area (Å²) in [7, 11) is 0. The number of furan rings is 1. The van der Waals surface area contributed by atoms with E-state index in [-0.39, 0.29) is 17.9 Å². The highest BCUT2D eigenvalue weighted by Crippen LogP contribution is 2.16. The van der Waals surface area contributed by atoms with Crippen LogP contribution in [0.4, 0.5) is 5.13 Å². The van der Waals surface area contributed by atoms with Gasteiger partial charge in [-0.15, -0.1) is 11.3 Å². The fraction of sp³-hybridized carbons (Fsp3) is 0.250. The lowest BCUT2D eigenvalue weighted by atomic mass is 10.3. The Hall–Kier alpha value is -2.74. The van der Waals surface area contributed by atoms with Gasteiger partial charge >= 0.3 is 0 Å². The molecule has 0 unspecified atom stereocenters. The van der Waals surface area contributed by atoms with Crippen molar-refractivity contribution in [3.8, 4) is 11.5 Å². The summed E-state index contributed by atoms with van der Waals surface area (Å²) in [5.41, 5.74) is 1.25. The maximum absolute atomic E-state index is 11.9. The number of nitrogens with zero attached hydrogens (tertiary/aromatic N) is 3. The van der Waals surface area contributed by atoms with Gasteiger partial charge < -0.3 is 9.73 Å². The van der Waals surface area contributed by atoms with Gasteiger partial charge in [0, 0.05) is 24.4 Å². The zero-order chi connectivity index (χ0) is 16.9. The van der Waals surface area contributed by atoms with Crippen molar-refractivity contribution < 1.29 is 9.21 Å². The van der Waals surface area contributed by atoms with Gasteiger partial charge in [-0.1, -0.05) is 0 Å². The summed E-state index contributed by atoms with van der Waals surface area (Å²) in [6.45, 7) is 2.23. The molecule has 1 N–H and O–H groups in total. The largest absolute Gasteiger partial charge is 0.463 e. The highest BCUT2D eigenvalue weighted by molar-refractivity contribution is 7.13. The third kappa shape index (κ3) is 3.96. The van der Waals surface area contributed by atoms with Crippen LogP contribution in [0.3, 0.4) is 0 Å². The van der Waals surface area contributed by atoms with Gasteiger partial charge in [0.25, 0.3) is 5.56 Å². The van der Waals surface area contributed by atoms with Crippen molar-refractivity contribution in [3.63, 3.8) is 0 Å². The molecule has 3 aromatic heterocycles. The lowest BCUT2D eigenvalue weighted by Crippen LogP contribution is -2.23. The van der Waals surface area contributed by atoms with E-state index in [1.54, 1.807) is 24.5 Å². The van der Waals surface area contributed by atoms with Crippen molar-refractivity contribution in [2.45, 2.75) is 26.3 Å². The molecule has 3 rings (SSSR count). The normalized spacial score (nSPS) is 10.7. The van der Waals surface area contributed by atoms with E-state index in [0.717, 1.165) is 5.69 Å². The first-order chi connectivity index (χ1) is 11.6. The maximum Gasteiger partial charge on any atom is 0.266 e. The lowest BCUT2D eigenvalue weighted by Gasteiger charge is -2.06. The summed E-state index contributed by atoms with van der Waals surface area (Å²) < 4.78 is 6.62. The minimum atomic E-state index is -0.207. The number of thiazole rings is 1. The third-order valence-corrected chi connectivity index (χ3v) is 4.15. The van der Waals surface area contributed by atoms with Gasteiger partial charge in [-0.05, 0) is 31.5 Å². The number of amides is 1. The van der Waals surface area contributed by atoms with Crippen molar-refractivity contribution in [2.24, 2.45) is 0 Å². The van der Waals surface area contributed by atoms with Crippen LogP contribution >= 0.6 is 11.3 Å². The zero-order valence-electron chi connectivity index (χ0n) is 13.1. The molecule has 8 heteroatoms. The third-order valence-electron chi connectivity index (χ3n) is 3.28. The predicted octanol–water partition coefficient (Wildman–Crippen LogP) is 2.69. The number of hydrogen-bond donors (Lipinski definition) is 1. The molecule has 0 saturated heterocycles. The second kappa shape index (κ2) is 7.22. The molecule has 3 heterocycles. The van der Waals surface area contributed by atoms with E-state index in [2.05, 4.69) is 15.4 Å². The van der Waals surface area contributed by atoms with Gasteiger partial charge in [-0.2, -0.15) is 5.10 Å². The molecule has 0 aliphatic heterocycles. The lowest BCUT2D eigenvalue weighted by molar-refractivity contribution is -0.116. The first kappa shape index (κ1) is 16.1. The molecule has 0 spiro atoms. The molecule has 0 radical (unpaired) electrons. The van der Waals surface area contributed by atoms with Crippen LogP contribution in [-0.4, -0.2) is 20.7 Å². The molecule has 0 atom stereocenters. The number of aryl methyl sites for hydroxylation is 2. The molecular weight excluding hydrogens is 328 g/mol. The van der Waals surface area contributed by atoms with E-state index in [0.29, 0.717) is 29.6 Å². The first-order valence-electron chi connectivity index (χ1n) is 7.46. The zero-order valence-corrected chi connectivity index (χ0v) is 13.9. The molecule has 7 nitrogen and oxygen atoms in total. The Morgan fingerprint density at radius 1 is 1.38 bits per heavy atom. The summed E-state index contributed by atoms with van der Waals surface area (Å²) in [6.07, 6.45) is 2.35. The highest BCUT2D eigenvalue weighted by atomic mass is 32.1. The SMILES string of the molecule is Cc1csc(NC(=O)CCCn2nc(-c3ccco3)ccc2=O)n1. The van der Waals surface area contributed by atoms with Crippen LogP contribution in [0.2, 0.25) is 0 Å². The average Bonchev–Trinajstić information content (AvgIpc) is 3.21. The number of hydrogen-bond acceptors (Lipinski definition) is 6. The van der Waals surface area contributed by atoms with Crippen molar-refractivity contribution in [3.05, 3.63) is 52.0 Å². The number of aromatic nitrogens is 3. The van der Waals surface area contributed by atoms with Crippen LogP contribution in [0, 0.1) is 6.92 Å². The fourth-order valence-corrected chi connectivity index (χ4v) is 2.85. The van der Waals surface area contributed by atoms with E-state index in [1.165, 1.54) is 22.1 Å². The molecule has 0 aliphatic carbocycles. The molecule has 0 fully saturated rings. The Morgan fingerprint density at radius 3 is 2.96 bits per heavy atom. The fourth-order valence-electron chi connectivity index (χ4n) is 2.15. The summed E-state index contributed by atoms with van der Waals surface area (Å²) >= 11 is 1.39. The number of anilines is 1. The van der Waals surface area contributed by atoms with Gasteiger partial charge in [0.2, 0.25) is 5.91 Å². The van der Waals surface area contributed by atoms with E-state index in [1.807, 2.05) is 12.3 Å². The Labute approximate surface area is 142 Å². The van der Waals surface area contributed by atoms with E-state index >= 15 is 0 Å². The molecule has 0 saturated carbocycles. The van der Waals surface area contributed by atoms with Crippen LogP contribution in [0.15, 0.2) is 45.1 Å². The Morgan fingerprint density at radius 2 is 2.25 bits per heavy atom. The van der Waals surface area contributed by atoms with Crippen LogP contribution in [0.25, 0.3) is 11.5 Å². The van der Waals surface area contributed by atoms with Crippen LogP contribution in [-0.2, 0) is 11.3 Å². The summed E-state index contributed by atoms with van der Waals surface area (Å²) in [5, 5.41) is 9.48. The molecule has 0 aliphatic rings. The minimum Gasteiger partial charge on any atom is -0.463 e. The summed E-state index contributed by atoms with van der Waals surface area (Å²) in [6, 6.07) is 6.61. The van der Waals surface area contributed by atoms with Gasteiger partial charge in [0.05, 0.1) is 12.0 Å². The molecule has 0 aromatic carbocycles. The van der Waals surface area contributed by atoms with Crippen LogP contribution < -0.4 is 10.9 Å². The Kier molecular flexibility index (Phi) is 4.85. The highest BCUT2D eigenvalue weighted by Gasteiger charge is 2.08. The molecule has 24 heavy (non-hydrogen) atoms. The van der Waals surface area contributed by atoms with E-state index < -0.39 is 0 Å². The quantitative estimate of drug-likeness (QED) is 0.742. The molecular formula is C16H16N4O3S. The van der Waals surface area contributed by atoms with Gasteiger partial charge in [-0.25, -0.2) is 9.67 Å². The van der Waals surface area contributed by atoms with Crippen molar-refractivity contribution in [2.75, 3.05) is 5.32 Å². The first-order valence-corrected chi connectivity index (χ1v) is 8.34. The molecule has 1 amide bonds. The van der Waals surface area contributed by atoms with Gasteiger partial charge in [0.1, 0.15) is 5.69 Å². The Bertz CT molecular complexity index is 883. The molecule has 0 bridgehead atoms. The van der Waals surface area contributed by atoms with Crippen molar-refractivity contribution >= 4 is 22.4 Å². The summed E-state index contributed by atoms with van der Waals surface area (Å²) in [5.74, 6) is 0.472. The maximum atomic E-state index is 11.9. The number of carbonyl (C=O) groups excluding carboxylic acids is 1. The second-order valence-electron chi connectivity index (χ2n) is 5.20. The standard InChI is InChI=1S/C16H16N4O3S/c1-11-10-24-16(17-11)18-14(21)5-2-8-20-15(22)7-6-12(19-20)13-4-3-9-23-13/h3-4,6-7,9-10H,2,5,8H2,1H3,(H,17,18,21). The van der Waals surface area contributed by atoms with Gasteiger partial charge in [0.15, 0.2) is 10.9 Å². The molecule has 124 valence electrons. The predicted molar refractivity (Wildman–Crippen MR) is 90.9 cm³/mol. The number of nitrogens with one attached hydrogen (secondary N) is 1. The Balaban J connectivity index is 1.57.